The fraction of sp³-hybridized carbons (Fsp3) is 0.125. The smallest absolute Gasteiger partial charge is 0.341 e. The summed E-state index contributed by atoms with van der Waals surface area (Å²) in [5.41, 5.74) is -0.285. The van der Waals surface area contributed by atoms with Crippen molar-refractivity contribution >= 4 is 39.4 Å². The quantitative estimate of drug-likeness (QED) is 0.778. The van der Waals surface area contributed by atoms with Gasteiger partial charge in [-0.1, -0.05) is 11.8 Å². The van der Waals surface area contributed by atoms with Crippen molar-refractivity contribution in [2.45, 2.75) is 4.34 Å². The summed E-state index contributed by atoms with van der Waals surface area (Å²) in [7, 11) is 0. The van der Waals surface area contributed by atoms with Gasteiger partial charge in [0.05, 0.1) is 0 Å². The van der Waals surface area contributed by atoms with E-state index in [-0.39, 0.29) is 5.56 Å². The maximum atomic E-state index is 11.7. The highest BCUT2D eigenvalue weighted by atomic mass is 32.2. The molecule has 0 aliphatic heterocycles. The number of pyridine rings is 1. The molecule has 0 aliphatic carbocycles. The van der Waals surface area contributed by atoms with Gasteiger partial charge < -0.3 is 10.1 Å². The molecular weight excluding hydrogens is 236 g/mol. The Balaban J connectivity index is 2.78. The van der Waals surface area contributed by atoms with Crippen LogP contribution in [0.15, 0.2) is 15.3 Å². The zero-order chi connectivity index (χ0) is 11.0. The molecule has 0 saturated heterocycles. The molecule has 0 atom stereocenters. The van der Waals surface area contributed by atoms with Crippen molar-refractivity contribution in [1.82, 2.24) is 9.97 Å². The molecule has 0 saturated carbocycles. The molecule has 78 valence electrons. The van der Waals surface area contributed by atoms with Crippen molar-refractivity contribution in [2.75, 3.05) is 6.26 Å². The number of aromatic nitrogens is 2. The predicted octanol–water partition coefficient (Wildman–Crippen LogP) is 1.40. The summed E-state index contributed by atoms with van der Waals surface area (Å²) in [6.45, 7) is 0. The van der Waals surface area contributed by atoms with E-state index in [2.05, 4.69) is 9.97 Å². The second-order valence-corrected chi connectivity index (χ2v) is 4.75. The van der Waals surface area contributed by atoms with Gasteiger partial charge in [0.25, 0.3) is 0 Å². The Morgan fingerprint density at radius 2 is 2.40 bits per heavy atom. The molecule has 2 aromatic rings. The molecule has 0 amide bonds. The number of hydrogen-bond donors (Lipinski definition) is 2. The standard InChI is InChI=1S/C8H6N2O3S2/c1-14-8-10-6-5(15-8)4(11)3(2-9-6)7(12)13/h2H,1H3,(H,9,11)(H,12,13). The van der Waals surface area contributed by atoms with Crippen LogP contribution in [0.1, 0.15) is 10.4 Å². The molecule has 2 N–H and O–H groups in total. The second-order valence-electron chi connectivity index (χ2n) is 2.70. The van der Waals surface area contributed by atoms with Crippen LogP contribution in [-0.2, 0) is 0 Å². The van der Waals surface area contributed by atoms with Gasteiger partial charge in [0.2, 0.25) is 5.43 Å². The van der Waals surface area contributed by atoms with Gasteiger partial charge in [0, 0.05) is 6.20 Å². The van der Waals surface area contributed by atoms with Gasteiger partial charge in [-0.3, -0.25) is 4.79 Å². The van der Waals surface area contributed by atoms with E-state index in [1.807, 2.05) is 6.26 Å². The Labute approximate surface area is 92.2 Å². The van der Waals surface area contributed by atoms with Gasteiger partial charge in [0.1, 0.15) is 10.3 Å². The SMILES string of the molecule is CSc1nc2[nH]cc(C(=O)O)c(=O)c2s1. The predicted molar refractivity (Wildman–Crippen MR) is 59.0 cm³/mol. The minimum absolute atomic E-state index is 0.251. The summed E-state index contributed by atoms with van der Waals surface area (Å²) < 4.78 is 1.10. The minimum atomic E-state index is -1.22. The Kier molecular flexibility index (Phi) is 2.49. The number of rotatable bonds is 2. The topological polar surface area (TPSA) is 83.1 Å². The van der Waals surface area contributed by atoms with Gasteiger partial charge in [0.15, 0.2) is 9.99 Å². The molecule has 15 heavy (non-hydrogen) atoms. The average Bonchev–Trinajstić information content (AvgIpc) is 2.61. The van der Waals surface area contributed by atoms with Crippen LogP contribution < -0.4 is 5.43 Å². The van der Waals surface area contributed by atoms with Crippen LogP contribution in [0, 0.1) is 0 Å². The van der Waals surface area contributed by atoms with Gasteiger partial charge >= 0.3 is 5.97 Å². The summed E-state index contributed by atoms with van der Waals surface area (Å²) in [4.78, 5) is 29.2. The van der Waals surface area contributed by atoms with Crippen LogP contribution in [0.25, 0.3) is 10.3 Å². The first-order valence-corrected chi connectivity index (χ1v) is 5.97. The van der Waals surface area contributed by atoms with Gasteiger partial charge in [-0.15, -0.1) is 11.3 Å². The molecule has 2 rings (SSSR count). The fourth-order valence-electron chi connectivity index (χ4n) is 1.13. The highest BCUT2D eigenvalue weighted by Gasteiger charge is 2.14. The minimum Gasteiger partial charge on any atom is -0.477 e. The average molecular weight is 242 g/mol. The third kappa shape index (κ3) is 1.64. The van der Waals surface area contributed by atoms with Crippen molar-refractivity contribution in [3.05, 3.63) is 22.0 Å². The molecule has 0 radical (unpaired) electrons. The van der Waals surface area contributed by atoms with E-state index in [1.54, 1.807) is 0 Å². The molecule has 0 aliphatic rings. The van der Waals surface area contributed by atoms with Crippen LogP contribution in [-0.4, -0.2) is 27.3 Å². The number of H-pyrrole nitrogens is 1. The summed E-state index contributed by atoms with van der Waals surface area (Å²) in [5, 5.41) is 8.75. The van der Waals surface area contributed by atoms with E-state index in [9.17, 15) is 9.59 Å². The number of fused-ring (bicyclic) bond motifs is 1. The van der Waals surface area contributed by atoms with Crippen LogP contribution in [0.2, 0.25) is 0 Å². The highest BCUT2D eigenvalue weighted by molar-refractivity contribution is 8.00. The maximum Gasteiger partial charge on any atom is 0.341 e. The van der Waals surface area contributed by atoms with Crippen LogP contribution >= 0.6 is 23.1 Å². The van der Waals surface area contributed by atoms with E-state index in [0.717, 1.165) is 4.34 Å². The van der Waals surface area contributed by atoms with Crippen molar-refractivity contribution in [3.63, 3.8) is 0 Å². The normalized spacial score (nSPS) is 10.7. The number of hydrogen-bond acceptors (Lipinski definition) is 5. The number of thioether (sulfide) groups is 1. The van der Waals surface area contributed by atoms with Crippen LogP contribution in [0.5, 0.6) is 0 Å². The van der Waals surface area contributed by atoms with E-state index >= 15 is 0 Å². The Morgan fingerprint density at radius 3 is 3.00 bits per heavy atom. The monoisotopic (exact) mass is 242 g/mol. The molecule has 7 heteroatoms. The lowest BCUT2D eigenvalue weighted by Gasteiger charge is -1.91. The van der Waals surface area contributed by atoms with E-state index < -0.39 is 11.4 Å². The molecule has 2 heterocycles. The molecule has 0 unspecified atom stereocenters. The molecule has 0 bridgehead atoms. The lowest BCUT2D eigenvalue weighted by Crippen LogP contribution is -2.14. The van der Waals surface area contributed by atoms with Gasteiger partial charge in [-0.2, -0.15) is 0 Å². The zero-order valence-corrected chi connectivity index (χ0v) is 9.24. The van der Waals surface area contributed by atoms with E-state index in [4.69, 9.17) is 5.11 Å². The number of aromatic amines is 1. The summed E-state index contributed by atoms with van der Waals surface area (Å²) in [6.07, 6.45) is 3.02. The third-order valence-corrected chi connectivity index (χ3v) is 3.86. The fourth-order valence-corrected chi connectivity index (χ4v) is 2.61. The Morgan fingerprint density at radius 1 is 1.67 bits per heavy atom. The molecule has 0 aromatic carbocycles. The second kappa shape index (κ2) is 3.67. The summed E-state index contributed by atoms with van der Waals surface area (Å²) in [5.74, 6) is -1.22. The van der Waals surface area contributed by atoms with E-state index in [1.165, 1.54) is 29.3 Å². The van der Waals surface area contributed by atoms with Crippen LogP contribution in [0.4, 0.5) is 0 Å². The maximum absolute atomic E-state index is 11.7. The first kappa shape index (κ1) is 10.2. The molecule has 0 fully saturated rings. The third-order valence-electron chi connectivity index (χ3n) is 1.82. The van der Waals surface area contributed by atoms with Crippen molar-refractivity contribution < 1.29 is 9.90 Å². The number of aromatic carboxylic acids is 1. The number of nitrogens with zero attached hydrogens (tertiary/aromatic N) is 1. The first-order chi connectivity index (χ1) is 7.13. The lowest BCUT2D eigenvalue weighted by atomic mass is 10.3. The molecule has 5 nitrogen and oxygen atoms in total. The highest BCUT2D eigenvalue weighted by Crippen LogP contribution is 2.24. The van der Waals surface area contributed by atoms with Crippen molar-refractivity contribution in [2.24, 2.45) is 0 Å². The Hall–Kier alpha value is -1.34. The van der Waals surface area contributed by atoms with Crippen molar-refractivity contribution in [3.8, 4) is 0 Å². The summed E-state index contributed by atoms with van der Waals surface area (Å²) in [6, 6.07) is 0. The molecular formula is C8H6N2O3S2. The number of carbonyl (C=O) groups is 1. The number of thiazole rings is 1. The van der Waals surface area contributed by atoms with Crippen LogP contribution in [0.3, 0.4) is 0 Å². The zero-order valence-electron chi connectivity index (χ0n) is 7.60. The number of carboxylic acid groups (broad SMARTS) is 1. The number of carboxylic acids is 1. The largest absolute Gasteiger partial charge is 0.477 e. The first-order valence-electron chi connectivity index (χ1n) is 3.93. The molecule has 2 aromatic heterocycles. The lowest BCUT2D eigenvalue weighted by molar-refractivity contribution is 0.0695. The van der Waals surface area contributed by atoms with Gasteiger partial charge in [-0.05, 0) is 6.26 Å². The summed E-state index contributed by atoms with van der Waals surface area (Å²) >= 11 is 2.62. The van der Waals surface area contributed by atoms with E-state index in [0.29, 0.717) is 10.3 Å². The van der Waals surface area contributed by atoms with Crippen molar-refractivity contribution in [1.29, 1.82) is 0 Å². The molecule has 0 spiro atoms. The Bertz CT molecular complexity index is 587. The number of nitrogens with one attached hydrogen (secondary N) is 1. The van der Waals surface area contributed by atoms with Gasteiger partial charge in [-0.25, -0.2) is 9.78 Å².